The van der Waals surface area contributed by atoms with Gasteiger partial charge >= 0.3 is 0 Å². The Morgan fingerprint density at radius 1 is 1.55 bits per heavy atom. The predicted octanol–water partition coefficient (Wildman–Crippen LogP) is 0.677. The Morgan fingerprint density at radius 2 is 2.36 bits per heavy atom. The van der Waals surface area contributed by atoms with Crippen molar-refractivity contribution < 1.29 is 0 Å². The molecule has 0 saturated carbocycles. The van der Waals surface area contributed by atoms with Gasteiger partial charge < -0.3 is 10.2 Å². The molecule has 0 aromatic rings. The van der Waals surface area contributed by atoms with Gasteiger partial charge in [0.2, 0.25) is 0 Å². The van der Waals surface area contributed by atoms with Gasteiger partial charge in [-0.05, 0) is 19.8 Å². The zero-order chi connectivity index (χ0) is 8.10. The highest BCUT2D eigenvalue weighted by atomic mass is 15.3. The molecule has 1 aliphatic heterocycles. The summed E-state index contributed by atoms with van der Waals surface area (Å²) in [5, 5.41) is 3.31. The minimum Gasteiger partial charge on any atom is -0.356 e. The Balaban J connectivity index is 2.46. The fraction of sp³-hybridized carbons (Fsp3) is 0.875. The minimum atomic E-state index is 0.979. The van der Waals surface area contributed by atoms with Crippen LogP contribution in [-0.2, 0) is 0 Å². The maximum atomic E-state index is 4.43. The van der Waals surface area contributed by atoms with E-state index in [1.807, 2.05) is 0 Å². The molecule has 3 heteroatoms. The van der Waals surface area contributed by atoms with E-state index in [4.69, 9.17) is 0 Å². The summed E-state index contributed by atoms with van der Waals surface area (Å²) in [6.07, 6.45) is 2.46. The van der Waals surface area contributed by atoms with E-state index in [0.29, 0.717) is 0 Å². The summed E-state index contributed by atoms with van der Waals surface area (Å²) >= 11 is 0. The zero-order valence-electron chi connectivity index (χ0n) is 7.43. The number of rotatable bonds is 1. The van der Waals surface area contributed by atoms with Gasteiger partial charge in [-0.2, -0.15) is 0 Å². The highest BCUT2D eigenvalue weighted by Crippen LogP contribution is 1.95. The number of nitrogens with zero attached hydrogens (tertiary/aromatic N) is 2. The zero-order valence-corrected chi connectivity index (χ0v) is 7.43. The lowest BCUT2D eigenvalue weighted by molar-refractivity contribution is 0.511. The van der Waals surface area contributed by atoms with Gasteiger partial charge in [0.1, 0.15) is 0 Å². The topological polar surface area (TPSA) is 27.6 Å². The number of aliphatic imine (C=N–C) groups is 1. The first-order valence-electron chi connectivity index (χ1n) is 4.34. The average molecular weight is 155 g/mol. The monoisotopic (exact) mass is 155 g/mol. The molecule has 0 bridgehead atoms. The molecule has 1 rings (SSSR count). The van der Waals surface area contributed by atoms with Crippen molar-refractivity contribution in [1.82, 2.24) is 10.2 Å². The van der Waals surface area contributed by atoms with Crippen LogP contribution in [0.25, 0.3) is 0 Å². The SMILES string of the molecule is CCN(C)C1=NCCCCN1. The van der Waals surface area contributed by atoms with Gasteiger partial charge in [-0.3, -0.25) is 4.99 Å². The molecule has 1 aliphatic rings. The Labute approximate surface area is 68.5 Å². The summed E-state index contributed by atoms with van der Waals surface area (Å²) in [5.41, 5.74) is 0. The Hall–Kier alpha value is -0.730. The van der Waals surface area contributed by atoms with Crippen molar-refractivity contribution in [3.8, 4) is 0 Å². The average Bonchev–Trinajstić information content (AvgIpc) is 2.30. The first-order valence-corrected chi connectivity index (χ1v) is 4.34. The van der Waals surface area contributed by atoms with Crippen LogP contribution in [0.1, 0.15) is 19.8 Å². The highest BCUT2D eigenvalue weighted by molar-refractivity contribution is 5.79. The van der Waals surface area contributed by atoms with E-state index in [1.165, 1.54) is 12.8 Å². The Bertz CT molecular complexity index is 142. The second-order valence-corrected chi connectivity index (χ2v) is 2.85. The molecule has 0 radical (unpaired) electrons. The lowest BCUT2D eigenvalue weighted by atomic mass is 10.3. The van der Waals surface area contributed by atoms with E-state index < -0.39 is 0 Å². The molecule has 0 saturated heterocycles. The van der Waals surface area contributed by atoms with E-state index in [9.17, 15) is 0 Å². The van der Waals surface area contributed by atoms with E-state index in [-0.39, 0.29) is 0 Å². The minimum absolute atomic E-state index is 0.979. The summed E-state index contributed by atoms with van der Waals surface area (Å²) in [6.45, 7) is 5.21. The molecule has 0 amide bonds. The molecular weight excluding hydrogens is 138 g/mol. The fourth-order valence-electron chi connectivity index (χ4n) is 1.08. The third-order valence-electron chi connectivity index (χ3n) is 1.97. The molecule has 64 valence electrons. The van der Waals surface area contributed by atoms with Gasteiger partial charge in [-0.25, -0.2) is 0 Å². The second-order valence-electron chi connectivity index (χ2n) is 2.85. The summed E-state index contributed by atoms with van der Waals surface area (Å²) in [6, 6.07) is 0. The quantitative estimate of drug-likeness (QED) is 0.603. The van der Waals surface area contributed by atoms with Crippen molar-refractivity contribution in [1.29, 1.82) is 0 Å². The van der Waals surface area contributed by atoms with E-state index in [2.05, 4.69) is 29.2 Å². The van der Waals surface area contributed by atoms with E-state index in [0.717, 1.165) is 25.6 Å². The Morgan fingerprint density at radius 3 is 3.09 bits per heavy atom. The molecule has 1 N–H and O–H groups in total. The summed E-state index contributed by atoms with van der Waals surface area (Å²) < 4.78 is 0. The second kappa shape index (κ2) is 4.21. The largest absolute Gasteiger partial charge is 0.356 e. The van der Waals surface area contributed by atoms with Gasteiger partial charge in [0.25, 0.3) is 0 Å². The first-order chi connectivity index (χ1) is 5.34. The molecule has 0 aromatic carbocycles. The van der Waals surface area contributed by atoms with Crippen LogP contribution in [-0.4, -0.2) is 37.5 Å². The third kappa shape index (κ3) is 2.41. The van der Waals surface area contributed by atoms with Gasteiger partial charge in [0, 0.05) is 26.7 Å². The van der Waals surface area contributed by atoms with Crippen molar-refractivity contribution in [3.63, 3.8) is 0 Å². The van der Waals surface area contributed by atoms with Crippen LogP contribution in [0.5, 0.6) is 0 Å². The molecule has 0 unspecified atom stereocenters. The van der Waals surface area contributed by atoms with Crippen molar-refractivity contribution in [2.24, 2.45) is 4.99 Å². The molecule has 0 aliphatic carbocycles. The standard InChI is InChI=1S/C8H17N3/c1-3-11(2)8-9-6-4-5-7-10-8/h3-7H2,1-2H3,(H,9,10). The summed E-state index contributed by atoms with van der Waals surface area (Å²) in [7, 11) is 2.07. The fourth-order valence-corrected chi connectivity index (χ4v) is 1.08. The van der Waals surface area contributed by atoms with Crippen LogP contribution in [0.2, 0.25) is 0 Å². The third-order valence-corrected chi connectivity index (χ3v) is 1.97. The lowest BCUT2D eigenvalue weighted by Crippen LogP contribution is -2.38. The number of nitrogens with one attached hydrogen (secondary N) is 1. The predicted molar refractivity (Wildman–Crippen MR) is 47.8 cm³/mol. The van der Waals surface area contributed by atoms with E-state index in [1.54, 1.807) is 0 Å². The number of hydrogen-bond donors (Lipinski definition) is 1. The maximum Gasteiger partial charge on any atom is 0.193 e. The molecule has 0 atom stereocenters. The first kappa shape index (κ1) is 8.37. The normalized spacial score (nSPS) is 18.2. The Kier molecular flexibility index (Phi) is 3.20. The molecule has 3 nitrogen and oxygen atoms in total. The van der Waals surface area contributed by atoms with Crippen molar-refractivity contribution in [2.45, 2.75) is 19.8 Å². The summed E-state index contributed by atoms with van der Waals surface area (Å²) in [4.78, 5) is 6.57. The van der Waals surface area contributed by atoms with Gasteiger partial charge in [-0.15, -0.1) is 0 Å². The number of guanidine groups is 1. The van der Waals surface area contributed by atoms with Crippen LogP contribution in [0.4, 0.5) is 0 Å². The van der Waals surface area contributed by atoms with Crippen LogP contribution in [0.15, 0.2) is 4.99 Å². The smallest absolute Gasteiger partial charge is 0.193 e. The van der Waals surface area contributed by atoms with Crippen LogP contribution >= 0.6 is 0 Å². The van der Waals surface area contributed by atoms with Crippen LogP contribution in [0, 0.1) is 0 Å². The van der Waals surface area contributed by atoms with Gasteiger partial charge in [-0.1, -0.05) is 0 Å². The van der Waals surface area contributed by atoms with Crippen molar-refractivity contribution in [2.75, 3.05) is 26.7 Å². The maximum absolute atomic E-state index is 4.43. The van der Waals surface area contributed by atoms with Gasteiger partial charge in [0.05, 0.1) is 0 Å². The van der Waals surface area contributed by atoms with E-state index >= 15 is 0 Å². The molecule has 0 spiro atoms. The molecule has 0 aromatic heterocycles. The van der Waals surface area contributed by atoms with Crippen LogP contribution < -0.4 is 5.32 Å². The van der Waals surface area contributed by atoms with Crippen molar-refractivity contribution >= 4 is 5.96 Å². The molecule has 0 fully saturated rings. The molecule has 1 heterocycles. The molecule has 11 heavy (non-hydrogen) atoms. The number of hydrogen-bond acceptors (Lipinski definition) is 3. The van der Waals surface area contributed by atoms with Crippen molar-refractivity contribution in [3.05, 3.63) is 0 Å². The summed E-state index contributed by atoms with van der Waals surface area (Å²) in [5.74, 6) is 1.06. The van der Waals surface area contributed by atoms with Gasteiger partial charge in [0.15, 0.2) is 5.96 Å². The lowest BCUT2D eigenvalue weighted by Gasteiger charge is -2.18. The molecular formula is C8H17N3. The highest BCUT2D eigenvalue weighted by Gasteiger charge is 2.05. The van der Waals surface area contributed by atoms with Crippen LogP contribution in [0.3, 0.4) is 0 Å².